The number of H-pyrrole nitrogens is 1. The maximum absolute atomic E-state index is 12.4. The summed E-state index contributed by atoms with van der Waals surface area (Å²) in [5, 5.41) is 7.50. The third-order valence-corrected chi connectivity index (χ3v) is 7.01. The molecule has 0 spiro atoms. The zero-order valence-corrected chi connectivity index (χ0v) is 17.7. The first-order chi connectivity index (χ1) is 14.0. The van der Waals surface area contributed by atoms with Crippen LogP contribution < -0.4 is 5.73 Å². The number of aromatic amines is 1. The average Bonchev–Trinajstić information content (AvgIpc) is 3.19. The van der Waals surface area contributed by atoms with Crippen LogP contribution in [0.15, 0.2) is 24.4 Å². The highest BCUT2D eigenvalue weighted by Gasteiger charge is 2.45. The minimum atomic E-state index is -0.454. The van der Waals surface area contributed by atoms with Gasteiger partial charge < -0.3 is 5.73 Å². The molecule has 4 rings (SSSR count). The van der Waals surface area contributed by atoms with Crippen molar-refractivity contribution in [3.05, 3.63) is 41.1 Å². The molecule has 3 heterocycles. The highest BCUT2D eigenvalue weighted by atomic mass is 16.1. The minimum Gasteiger partial charge on any atom is -0.368 e. The summed E-state index contributed by atoms with van der Waals surface area (Å²) in [5.41, 5.74) is 11.5. The number of carbonyl (C=O) groups is 1. The largest absolute Gasteiger partial charge is 0.368 e. The Morgan fingerprint density at radius 2 is 1.83 bits per heavy atom. The Hall–Kier alpha value is -2.18. The third-order valence-electron chi connectivity index (χ3n) is 7.01. The number of aryl methyl sites for hydroxylation is 2. The monoisotopic (exact) mass is 395 g/mol. The molecule has 156 valence electrons. The van der Waals surface area contributed by atoms with Crippen LogP contribution in [-0.4, -0.2) is 57.6 Å². The molecule has 6 nitrogen and oxygen atoms in total. The second kappa shape index (κ2) is 8.28. The highest BCUT2D eigenvalue weighted by Crippen LogP contribution is 2.33. The zero-order chi connectivity index (χ0) is 20.4. The standard InChI is InChI=1S/C23H33N5O/c1-17-6-7-19(14-18(17)2)21-20(15-25-26-21)16-27-12-8-23(9-13-27,22(24)29)28-10-4-3-5-11-28/h6-7,14-15H,3-5,8-13,16H2,1-2H3,(H2,24,29)(H,25,26). The Kier molecular flexibility index (Phi) is 5.74. The summed E-state index contributed by atoms with van der Waals surface area (Å²) in [6.45, 7) is 8.89. The van der Waals surface area contributed by atoms with Gasteiger partial charge in [-0.15, -0.1) is 0 Å². The average molecular weight is 396 g/mol. The van der Waals surface area contributed by atoms with Gasteiger partial charge in [0, 0.05) is 30.8 Å². The molecule has 0 atom stereocenters. The number of hydrogen-bond donors (Lipinski definition) is 2. The van der Waals surface area contributed by atoms with Crippen LogP contribution in [0.4, 0.5) is 0 Å². The van der Waals surface area contributed by atoms with Gasteiger partial charge in [-0.2, -0.15) is 5.10 Å². The van der Waals surface area contributed by atoms with E-state index < -0.39 is 5.54 Å². The molecule has 2 aliphatic heterocycles. The summed E-state index contributed by atoms with van der Waals surface area (Å²) in [4.78, 5) is 17.2. The molecule has 2 fully saturated rings. The lowest BCUT2D eigenvalue weighted by Gasteiger charge is -2.48. The van der Waals surface area contributed by atoms with Gasteiger partial charge in [0.15, 0.2) is 0 Å². The fourth-order valence-electron chi connectivity index (χ4n) is 4.94. The topological polar surface area (TPSA) is 78.2 Å². The molecule has 2 saturated heterocycles. The van der Waals surface area contributed by atoms with Gasteiger partial charge in [0.05, 0.1) is 11.9 Å². The van der Waals surface area contributed by atoms with Crippen molar-refractivity contribution in [2.24, 2.45) is 5.73 Å². The lowest BCUT2D eigenvalue weighted by Crippen LogP contribution is -2.63. The number of carbonyl (C=O) groups excluding carboxylic acids is 1. The van der Waals surface area contributed by atoms with Crippen LogP contribution in [0, 0.1) is 13.8 Å². The maximum atomic E-state index is 12.4. The van der Waals surface area contributed by atoms with Crippen LogP contribution in [0.5, 0.6) is 0 Å². The van der Waals surface area contributed by atoms with Crippen LogP contribution >= 0.6 is 0 Å². The van der Waals surface area contributed by atoms with Crippen LogP contribution in [-0.2, 0) is 11.3 Å². The summed E-state index contributed by atoms with van der Waals surface area (Å²) < 4.78 is 0. The van der Waals surface area contributed by atoms with E-state index in [9.17, 15) is 4.79 Å². The van der Waals surface area contributed by atoms with Gasteiger partial charge in [-0.1, -0.05) is 18.6 Å². The molecule has 0 aliphatic carbocycles. The third kappa shape index (κ3) is 3.96. The predicted octanol–water partition coefficient (Wildman–Crippen LogP) is 3.00. The number of likely N-dealkylation sites (tertiary alicyclic amines) is 2. The first-order valence-corrected chi connectivity index (χ1v) is 10.9. The molecule has 0 bridgehead atoms. The van der Waals surface area contributed by atoms with Crippen molar-refractivity contribution in [2.75, 3.05) is 26.2 Å². The van der Waals surface area contributed by atoms with E-state index in [1.54, 1.807) is 0 Å². The number of benzene rings is 1. The second-order valence-corrected chi connectivity index (χ2v) is 8.79. The molecule has 3 N–H and O–H groups in total. The summed E-state index contributed by atoms with van der Waals surface area (Å²) in [6, 6.07) is 6.54. The predicted molar refractivity (Wildman–Crippen MR) is 115 cm³/mol. The molecular weight excluding hydrogens is 362 g/mol. The Labute approximate surface area is 173 Å². The molecule has 29 heavy (non-hydrogen) atoms. The fourth-order valence-corrected chi connectivity index (χ4v) is 4.94. The zero-order valence-electron chi connectivity index (χ0n) is 17.7. The van der Waals surface area contributed by atoms with Crippen LogP contribution in [0.1, 0.15) is 48.8 Å². The van der Waals surface area contributed by atoms with Gasteiger partial charge in [0.2, 0.25) is 5.91 Å². The first kappa shape index (κ1) is 20.1. The molecule has 1 aromatic carbocycles. The second-order valence-electron chi connectivity index (χ2n) is 8.79. The number of nitrogens with one attached hydrogen (secondary N) is 1. The Balaban J connectivity index is 1.46. The van der Waals surface area contributed by atoms with E-state index in [4.69, 9.17) is 5.73 Å². The van der Waals surface area contributed by atoms with E-state index >= 15 is 0 Å². The van der Waals surface area contributed by atoms with Crippen molar-refractivity contribution in [3.63, 3.8) is 0 Å². The smallest absolute Gasteiger partial charge is 0.238 e. The van der Waals surface area contributed by atoms with E-state index in [0.29, 0.717) is 0 Å². The molecule has 1 aromatic heterocycles. The number of aromatic nitrogens is 2. The maximum Gasteiger partial charge on any atom is 0.238 e. The molecule has 2 aromatic rings. The molecule has 0 radical (unpaired) electrons. The van der Waals surface area contributed by atoms with Gasteiger partial charge in [-0.25, -0.2) is 0 Å². The lowest BCUT2D eigenvalue weighted by atomic mass is 9.83. The lowest BCUT2D eigenvalue weighted by molar-refractivity contribution is -0.135. The van der Waals surface area contributed by atoms with E-state index in [1.807, 2.05) is 6.20 Å². The normalized spacial score (nSPS) is 20.6. The number of piperidine rings is 2. The summed E-state index contributed by atoms with van der Waals surface area (Å²) in [5.74, 6) is -0.141. The van der Waals surface area contributed by atoms with E-state index in [-0.39, 0.29) is 5.91 Å². The van der Waals surface area contributed by atoms with Crippen molar-refractivity contribution in [3.8, 4) is 11.3 Å². The van der Waals surface area contributed by atoms with Gasteiger partial charge in [-0.05, 0) is 69.8 Å². The van der Waals surface area contributed by atoms with Gasteiger partial charge in [0.1, 0.15) is 5.54 Å². The van der Waals surface area contributed by atoms with Gasteiger partial charge in [-0.3, -0.25) is 19.7 Å². The van der Waals surface area contributed by atoms with Gasteiger partial charge in [0.25, 0.3) is 0 Å². The summed E-state index contributed by atoms with van der Waals surface area (Å²) >= 11 is 0. The Morgan fingerprint density at radius 3 is 2.48 bits per heavy atom. The SMILES string of the molecule is Cc1ccc(-c2[nH]ncc2CN2CCC(C(N)=O)(N3CCCCC3)CC2)cc1C. The van der Waals surface area contributed by atoms with Gasteiger partial charge >= 0.3 is 0 Å². The van der Waals surface area contributed by atoms with E-state index in [0.717, 1.165) is 51.3 Å². The number of nitrogens with two attached hydrogens (primary N) is 1. The molecule has 2 aliphatic rings. The van der Waals surface area contributed by atoms with Crippen LogP contribution in [0.2, 0.25) is 0 Å². The first-order valence-electron chi connectivity index (χ1n) is 10.9. The van der Waals surface area contributed by atoms with Crippen LogP contribution in [0.3, 0.4) is 0 Å². The minimum absolute atomic E-state index is 0.141. The number of rotatable bonds is 5. The highest BCUT2D eigenvalue weighted by molar-refractivity contribution is 5.85. The van der Waals surface area contributed by atoms with Crippen LogP contribution in [0.25, 0.3) is 11.3 Å². The van der Waals surface area contributed by atoms with E-state index in [2.05, 4.69) is 52.0 Å². The van der Waals surface area contributed by atoms with Crippen molar-refractivity contribution >= 4 is 5.91 Å². The van der Waals surface area contributed by atoms with E-state index in [1.165, 1.54) is 41.5 Å². The summed E-state index contributed by atoms with van der Waals surface area (Å²) in [7, 11) is 0. The molecular formula is C23H33N5O. The number of nitrogens with zero attached hydrogens (tertiary/aromatic N) is 3. The van der Waals surface area contributed by atoms with Crippen molar-refractivity contribution in [2.45, 2.75) is 58.0 Å². The Bertz CT molecular complexity index is 860. The quantitative estimate of drug-likeness (QED) is 0.816. The Morgan fingerprint density at radius 1 is 1.10 bits per heavy atom. The summed E-state index contributed by atoms with van der Waals surface area (Å²) in [6.07, 6.45) is 7.18. The fraction of sp³-hybridized carbons (Fsp3) is 0.565. The molecule has 0 saturated carbocycles. The number of hydrogen-bond acceptors (Lipinski definition) is 4. The molecule has 0 unspecified atom stereocenters. The van der Waals surface area contributed by atoms with Crippen molar-refractivity contribution < 1.29 is 4.79 Å². The number of primary amides is 1. The van der Waals surface area contributed by atoms with Crippen molar-refractivity contribution in [1.82, 2.24) is 20.0 Å². The van der Waals surface area contributed by atoms with Crippen molar-refractivity contribution in [1.29, 1.82) is 0 Å². The number of amides is 1. The molecule has 6 heteroatoms. The molecule has 1 amide bonds.